The van der Waals surface area contributed by atoms with Crippen LogP contribution in [0, 0.1) is 0 Å². The summed E-state index contributed by atoms with van der Waals surface area (Å²) >= 11 is 0. The molecule has 0 saturated carbocycles. The molecule has 2 unspecified atom stereocenters. The maximum absolute atomic E-state index is 11.2. The van der Waals surface area contributed by atoms with Gasteiger partial charge in [-0.05, 0) is 19.3 Å². The summed E-state index contributed by atoms with van der Waals surface area (Å²) in [5.74, 6) is 0. The van der Waals surface area contributed by atoms with Gasteiger partial charge in [-0.3, -0.25) is 0 Å². The Bertz CT molecular complexity index is 374. The van der Waals surface area contributed by atoms with E-state index in [2.05, 4.69) is 6.92 Å². The summed E-state index contributed by atoms with van der Waals surface area (Å²) in [4.78, 5) is 0. The summed E-state index contributed by atoms with van der Waals surface area (Å²) < 4.78 is 33.7. The van der Waals surface area contributed by atoms with Crippen LogP contribution in [0.3, 0.4) is 0 Å². The molecule has 0 aliphatic rings. The Labute approximate surface area is 178 Å². The maximum atomic E-state index is 11.2. The molecule has 0 saturated heterocycles. The van der Waals surface area contributed by atoms with Gasteiger partial charge in [-0.1, -0.05) is 90.9 Å². The second-order valence-electron chi connectivity index (χ2n) is 7.12. The van der Waals surface area contributed by atoms with Crippen molar-refractivity contribution in [3.05, 3.63) is 0 Å². The molecule has 1 N–H and O–H groups in total. The van der Waals surface area contributed by atoms with Gasteiger partial charge in [0.25, 0.3) is 0 Å². The van der Waals surface area contributed by atoms with Gasteiger partial charge in [0.15, 0.2) is 0 Å². The molecule has 0 aliphatic carbocycles. The maximum Gasteiger partial charge on any atom is 1.00 e. The van der Waals surface area contributed by atoms with Gasteiger partial charge in [-0.25, -0.2) is 8.42 Å². The Morgan fingerprint density at radius 1 is 0.760 bits per heavy atom. The largest absolute Gasteiger partial charge is 1.00 e. The molecule has 0 heterocycles. The third kappa shape index (κ3) is 18.0. The quantitative estimate of drug-likeness (QED) is 0.236. The molecule has 0 amide bonds. The zero-order valence-corrected chi connectivity index (χ0v) is 19.7. The molecule has 0 aromatic carbocycles. The number of aliphatic hydroxyl groups is 1. The molecule has 0 radical (unpaired) electrons. The van der Waals surface area contributed by atoms with E-state index in [4.69, 9.17) is 0 Å². The van der Waals surface area contributed by atoms with E-state index >= 15 is 0 Å². The molecule has 0 rings (SSSR count). The van der Waals surface area contributed by atoms with Crippen LogP contribution >= 0.6 is 0 Å². The van der Waals surface area contributed by atoms with Crippen LogP contribution in [0.15, 0.2) is 0 Å². The van der Waals surface area contributed by atoms with Gasteiger partial charge < -0.3 is 9.66 Å². The van der Waals surface area contributed by atoms with Crippen LogP contribution in [-0.2, 0) is 10.1 Å². The van der Waals surface area contributed by atoms with Gasteiger partial charge in [0.1, 0.15) is 0 Å². The molecule has 2 atom stereocenters. The predicted molar refractivity (Wildman–Crippen MR) is 100 cm³/mol. The fourth-order valence-corrected chi connectivity index (χ4v) is 4.01. The van der Waals surface area contributed by atoms with E-state index in [0.29, 0.717) is 12.8 Å². The Kier molecular flexibility index (Phi) is 20.5. The second-order valence-corrected chi connectivity index (χ2v) is 8.77. The zero-order valence-electron chi connectivity index (χ0n) is 16.8. The number of rotatable bonds is 17. The van der Waals surface area contributed by atoms with Crippen LogP contribution in [0.4, 0.5) is 0 Å². The molecular formula is C19H39NaO4S. The van der Waals surface area contributed by atoms with Crippen LogP contribution in [0.1, 0.15) is 110 Å². The van der Waals surface area contributed by atoms with Crippen molar-refractivity contribution in [2.45, 2.75) is 122 Å². The molecule has 0 aliphatic heterocycles. The normalized spacial score (nSPS) is 14.1. The molecule has 0 bridgehead atoms. The third-order valence-electron chi connectivity index (χ3n) is 4.71. The first-order valence-electron chi connectivity index (χ1n) is 10.0. The van der Waals surface area contributed by atoms with Crippen molar-refractivity contribution < 1.29 is 47.6 Å². The van der Waals surface area contributed by atoms with Crippen molar-refractivity contribution in [3.8, 4) is 0 Å². The van der Waals surface area contributed by atoms with E-state index in [-0.39, 0.29) is 36.0 Å². The monoisotopic (exact) mass is 386 g/mol. The van der Waals surface area contributed by atoms with Crippen molar-refractivity contribution in [2.24, 2.45) is 0 Å². The molecule has 0 fully saturated rings. The minimum absolute atomic E-state index is 0. The SMILES string of the molecule is CCCCCCCCCCCCC(O)CC(CCCC)S(=O)(=O)[O-].[Na+]. The standard InChI is InChI=1S/C19H40O4S.Na/c1-3-5-7-8-9-10-11-12-13-14-15-18(20)17-19(16-6-4-2)24(21,22)23;/h18-20H,3-17H2,1-2H3,(H,21,22,23);/q;+1/p-1. The number of aliphatic hydroxyl groups excluding tert-OH is 1. The van der Waals surface area contributed by atoms with Gasteiger partial charge >= 0.3 is 29.6 Å². The van der Waals surface area contributed by atoms with Crippen LogP contribution in [-0.4, -0.2) is 29.4 Å². The van der Waals surface area contributed by atoms with Crippen molar-refractivity contribution in [1.82, 2.24) is 0 Å². The van der Waals surface area contributed by atoms with E-state index in [1.807, 2.05) is 6.92 Å². The Balaban J connectivity index is 0. The fraction of sp³-hybridized carbons (Fsp3) is 1.00. The number of unbranched alkanes of at least 4 members (excludes halogenated alkanes) is 10. The van der Waals surface area contributed by atoms with Gasteiger partial charge in [0, 0.05) is 0 Å². The van der Waals surface area contributed by atoms with E-state index in [0.717, 1.165) is 25.7 Å². The van der Waals surface area contributed by atoms with Gasteiger partial charge in [0.05, 0.1) is 21.5 Å². The molecule has 0 spiro atoms. The summed E-state index contributed by atoms with van der Waals surface area (Å²) in [7, 11) is -4.29. The molecule has 0 aromatic heterocycles. The van der Waals surface area contributed by atoms with Crippen molar-refractivity contribution in [1.29, 1.82) is 0 Å². The number of hydrogen-bond donors (Lipinski definition) is 1. The number of hydrogen-bond acceptors (Lipinski definition) is 4. The molecule has 4 nitrogen and oxygen atoms in total. The average Bonchev–Trinajstić information content (AvgIpc) is 2.52. The van der Waals surface area contributed by atoms with E-state index < -0.39 is 21.5 Å². The Hall–Kier alpha value is 0.870. The first-order valence-corrected chi connectivity index (χ1v) is 11.5. The summed E-state index contributed by atoms with van der Waals surface area (Å²) in [6, 6.07) is 0. The van der Waals surface area contributed by atoms with Gasteiger partial charge in [-0.15, -0.1) is 0 Å². The first kappa shape index (κ1) is 28.1. The van der Waals surface area contributed by atoms with Crippen LogP contribution in [0.2, 0.25) is 0 Å². The van der Waals surface area contributed by atoms with Gasteiger partial charge in [-0.2, -0.15) is 0 Å². The average molecular weight is 387 g/mol. The minimum atomic E-state index is -4.29. The van der Waals surface area contributed by atoms with E-state index in [1.54, 1.807) is 0 Å². The second kappa shape index (κ2) is 18.2. The first-order chi connectivity index (χ1) is 11.4. The summed E-state index contributed by atoms with van der Waals surface area (Å²) in [5.41, 5.74) is 0. The topological polar surface area (TPSA) is 77.4 Å². The molecule has 146 valence electrons. The predicted octanol–water partition coefficient (Wildman–Crippen LogP) is 2.16. The fourth-order valence-electron chi connectivity index (χ4n) is 3.10. The Morgan fingerprint density at radius 2 is 1.20 bits per heavy atom. The summed E-state index contributed by atoms with van der Waals surface area (Å²) in [6.45, 7) is 4.20. The van der Waals surface area contributed by atoms with Crippen molar-refractivity contribution in [3.63, 3.8) is 0 Å². The van der Waals surface area contributed by atoms with Crippen molar-refractivity contribution >= 4 is 10.1 Å². The smallest absolute Gasteiger partial charge is 0.748 e. The van der Waals surface area contributed by atoms with Gasteiger partial charge in [0.2, 0.25) is 0 Å². The van der Waals surface area contributed by atoms with Crippen LogP contribution in [0.25, 0.3) is 0 Å². The Morgan fingerprint density at radius 3 is 1.64 bits per heavy atom. The molecule has 0 aromatic rings. The van der Waals surface area contributed by atoms with Crippen LogP contribution < -0.4 is 29.6 Å². The third-order valence-corrected chi connectivity index (χ3v) is 5.96. The molecular weight excluding hydrogens is 347 g/mol. The zero-order chi connectivity index (χ0) is 18.3. The van der Waals surface area contributed by atoms with Crippen molar-refractivity contribution in [2.75, 3.05) is 0 Å². The van der Waals surface area contributed by atoms with Crippen LogP contribution in [0.5, 0.6) is 0 Å². The summed E-state index contributed by atoms with van der Waals surface area (Å²) in [5, 5.41) is 9.08. The van der Waals surface area contributed by atoms with E-state index in [1.165, 1.54) is 51.4 Å². The summed E-state index contributed by atoms with van der Waals surface area (Å²) in [6.07, 6.45) is 14.4. The molecule has 25 heavy (non-hydrogen) atoms. The minimum Gasteiger partial charge on any atom is -0.748 e. The molecule has 6 heteroatoms. The van der Waals surface area contributed by atoms with E-state index in [9.17, 15) is 18.1 Å².